The lowest BCUT2D eigenvalue weighted by Gasteiger charge is -2.09. The summed E-state index contributed by atoms with van der Waals surface area (Å²) in [6.45, 7) is 4.94. The number of halogens is 1. The number of hydrogen-bond acceptors (Lipinski definition) is 4. The molecule has 1 aromatic carbocycles. The molecular formula is C15H17FN4O. The first-order chi connectivity index (χ1) is 10.0. The molecule has 2 N–H and O–H groups in total. The fourth-order valence-corrected chi connectivity index (χ4v) is 1.65. The summed E-state index contributed by atoms with van der Waals surface area (Å²) in [5, 5.41) is 5.76. The molecule has 0 radical (unpaired) electrons. The summed E-state index contributed by atoms with van der Waals surface area (Å²) in [4.78, 5) is 20.0. The van der Waals surface area contributed by atoms with E-state index in [0.29, 0.717) is 17.6 Å². The Labute approximate surface area is 122 Å². The van der Waals surface area contributed by atoms with Gasteiger partial charge in [-0.15, -0.1) is 0 Å². The second kappa shape index (κ2) is 6.78. The molecule has 0 fully saturated rings. The molecule has 0 aliphatic carbocycles. The SMILES string of the molecule is CC(C)CNc1cc(NC(=O)c2cccc(F)c2)ncn1. The van der Waals surface area contributed by atoms with E-state index < -0.39 is 11.7 Å². The summed E-state index contributed by atoms with van der Waals surface area (Å²) >= 11 is 0. The van der Waals surface area contributed by atoms with Gasteiger partial charge in [-0.25, -0.2) is 14.4 Å². The van der Waals surface area contributed by atoms with Crippen molar-refractivity contribution in [2.24, 2.45) is 5.92 Å². The van der Waals surface area contributed by atoms with Gasteiger partial charge < -0.3 is 10.6 Å². The van der Waals surface area contributed by atoms with Crippen LogP contribution in [0.25, 0.3) is 0 Å². The van der Waals surface area contributed by atoms with Crippen molar-refractivity contribution in [2.45, 2.75) is 13.8 Å². The third-order valence-corrected chi connectivity index (χ3v) is 2.69. The average molecular weight is 288 g/mol. The van der Waals surface area contributed by atoms with Crippen LogP contribution in [-0.4, -0.2) is 22.4 Å². The maximum atomic E-state index is 13.1. The van der Waals surface area contributed by atoms with Crippen molar-refractivity contribution < 1.29 is 9.18 Å². The van der Waals surface area contributed by atoms with Gasteiger partial charge in [0.15, 0.2) is 0 Å². The molecule has 0 atom stereocenters. The van der Waals surface area contributed by atoms with Crippen LogP contribution < -0.4 is 10.6 Å². The molecule has 21 heavy (non-hydrogen) atoms. The van der Waals surface area contributed by atoms with Crippen molar-refractivity contribution in [3.63, 3.8) is 0 Å². The molecule has 0 saturated heterocycles. The van der Waals surface area contributed by atoms with E-state index in [0.717, 1.165) is 6.54 Å². The number of benzene rings is 1. The number of rotatable bonds is 5. The average Bonchev–Trinajstić information content (AvgIpc) is 2.45. The van der Waals surface area contributed by atoms with Gasteiger partial charge in [0, 0.05) is 18.2 Å². The molecule has 1 heterocycles. The van der Waals surface area contributed by atoms with Crippen LogP contribution in [0.1, 0.15) is 24.2 Å². The highest BCUT2D eigenvalue weighted by molar-refractivity contribution is 6.03. The van der Waals surface area contributed by atoms with E-state index in [2.05, 4.69) is 34.4 Å². The summed E-state index contributed by atoms with van der Waals surface area (Å²) in [7, 11) is 0. The normalized spacial score (nSPS) is 10.5. The molecule has 0 bridgehead atoms. The maximum absolute atomic E-state index is 13.1. The maximum Gasteiger partial charge on any atom is 0.256 e. The van der Waals surface area contributed by atoms with E-state index in [9.17, 15) is 9.18 Å². The predicted octanol–water partition coefficient (Wildman–Crippen LogP) is 2.94. The van der Waals surface area contributed by atoms with Crippen LogP contribution in [0.3, 0.4) is 0 Å². The van der Waals surface area contributed by atoms with Crippen molar-refractivity contribution >= 4 is 17.5 Å². The predicted molar refractivity (Wildman–Crippen MR) is 79.7 cm³/mol. The number of carbonyl (C=O) groups excluding carboxylic acids is 1. The van der Waals surface area contributed by atoms with Crippen LogP contribution in [0.2, 0.25) is 0 Å². The lowest BCUT2D eigenvalue weighted by atomic mass is 10.2. The molecule has 110 valence electrons. The minimum absolute atomic E-state index is 0.241. The summed E-state index contributed by atoms with van der Waals surface area (Å²) in [6, 6.07) is 7.13. The lowest BCUT2D eigenvalue weighted by Crippen LogP contribution is -2.14. The molecule has 1 amide bonds. The van der Waals surface area contributed by atoms with Crippen LogP contribution in [0.4, 0.5) is 16.0 Å². The Balaban J connectivity index is 2.05. The molecule has 0 unspecified atom stereocenters. The van der Waals surface area contributed by atoms with Crippen molar-refractivity contribution in [1.82, 2.24) is 9.97 Å². The van der Waals surface area contributed by atoms with Crippen LogP contribution in [0.5, 0.6) is 0 Å². The largest absolute Gasteiger partial charge is 0.370 e. The van der Waals surface area contributed by atoms with Gasteiger partial charge in [0.2, 0.25) is 0 Å². The fourth-order valence-electron chi connectivity index (χ4n) is 1.65. The third kappa shape index (κ3) is 4.52. The number of aromatic nitrogens is 2. The Kier molecular flexibility index (Phi) is 4.81. The Hall–Kier alpha value is -2.50. The van der Waals surface area contributed by atoms with E-state index in [1.165, 1.54) is 30.6 Å². The van der Waals surface area contributed by atoms with E-state index in [1.807, 2.05) is 0 Å². The van der Waals surface area contributed by atoms with E-state index >= 15 is 0 Å². The van der Waals surface area contributed by atoms with Crippen molar-refractivity contribution in [3.8, 4) is 0 Å². The van der Waals surface area contributed by atoms with Gasteiger partial charge in [-0.3, -0.25) is 4.79 Å². The summed E-state index contributed by atoms with van der Waals surface area (Å²) in [5.74, 6) is 0.608. The molecule has 2 aromatic rings. The molecular weight excluding hydrogens is 271 g/mol. The van der Waals surface area contributed by atoms with Crippen molar-refractivity contribution in [3.05, 3.63) is 48.0 Å². The molecule has 6 heteroatoms. The Bertz CT molecular complexity index is 631. The summed E-state index contributed by atoms with van der Waals surface area (Å²) < 4.78 is 13.1. The molecule has 2 rings (SSSR count). The zero-order valence-corrected chi connectivity index (χ0v) is 11.9. The van der Waals surface area contributed by atoms with Gasteiger partial charge >= 0.3 is 0 Å². The second-order valence-corrected chi connectivity index (χ2v) is 5.03. The van der Waals surface area contributed by atoms with E-state index in [4.69, 9.17) is 0 Å². The monoisotopic (exact) mass is 288 g/mol. The minimum atomic E-state index is -0.454. The first-order valence-electron chi connectivity index (χ1n) is 6.67. The Morgan fingerprint density at radius 3 is 2.71 bits per heavy atom. The highest BCUT2D eigenvalue weighted by Gasteiger charge is 2.08. The number of nitrogens with one attached hydrogen (secondary N) is 2. The first-order valence-corrected chi connectivity index (χ1v) is 6.67. The van der Waals surface area contributed by atoms with Crippen molar-refractivity contribution in [2.75, 3.05) is 17.2 Å². The number of carbonyl (C=O) groups is 1. The van der Waals surface area contributed by atoms with Gasteiger partial charge in [0.25, 0.3) is 5.91 Å². The molecule has 5 nitrogen and oxygen atoms in total. The van der Waals surface area contributed by atoms with Crippen LogP contribution >= 0.6 is 0 Å². The topological polar surface area (TPSA) is 66.9 Å². The number of amides is 1. The van der Waals surface area contributed by atoms with E-state index in [1.54, 1.807) is 6.07 Å². The quantitative estimate of drug-likeness (QED) is 0.887. The molecule has 0 saturated carbocycles. The Morgan fingerprint density at radius 1 is 1.24 bits per heavy atom. The lowest BCUT2D eigenvalue weighted by molar-refractivity contribution is 0.102. The van der Waals surface area contributed by atoms with Gasteiger partial charge in [-0.2, -0.15) is 0 Å². The molecule has 0 spiro atoms. The third-order valence-electron chi connectivity index (χ3n) is 2.69. The number of hydrogen-bond donors (Lipinski definition) is 2. The highest BCUT2D eigenvalue weighted by Crippen LogP contribution is 2.11. The van der Waals surface area contributed by atoms with Crippen LogP contribution in [-0.2, 0) is 0 Å². The van der Waals surface area contributed by atoms with Gasteiger partial charge in [-0.1, -0.05) is 19.9 Å². The standard InChI is InChI=1S/C15H17FN4O/c1-10(2)8-17-13-7-14(19-9-18-13)20-15(21)11-4-3-5-12(16)6-11/h3-7,9-10H,8H2,1-2H3,(H2,17,18,19,20,21). The minimum Gasteiger partial charge on any atom is -0.370 e. The Morgan fingerprint density at radius 2 is 2.00 bits per heavy atom. The van der Waals surface area contributed by atoms with Gasteiger partial charge in [0.1, 0.15) is 23.8 Å². The summed E-state index contributed by atoms with van der Waals surface area (Å²) in [6.07, 6.45) is 1.36. The van der Waals surface area contributed by atoms with Gasteiger partial charge in [-0.05, 0) is 24.1 Å². The van der Waals surface area contributed by atoms with Crippen LogP contribution in [0, 0.1) is 11.7 Å². The smallest absolute Gasteiger partial charge is 0.256 e. The number of anilines is 2. The zero-order chi connectivity index (χ0) is 15.2. The van der Waals surface area contributed by atoms with E-state index in [-0.39, 0.29) is 5.56 Å². The first kappa shape index (κ1) is 14.9. The molecule has 0 aliphatic rings. The van der Waals surface area contributed by atoms with Gasteiger partial charge in [0.05, 0.1) is 0 Å². The fraction of sp³-hybridized carbons (Fsp3) is 0.267. The molecule has 1 aromatic heterocycles. The summed E-state index contributed by atoms with van der Waals surface area (Å²) in [5.41, 5.74) is 0.241. The highest BCUT2D eigenvalue weighted by atomic mass is 19.1. The zero-order valence-electron chi connectivity index (χ0n) is 11.9. The molecule has 0 aliphatic heterocycles. The second-order valence-electron chi connectivity index (χ2n) is 5.03. The van der Waals surface area contributed by atoms with Crippen LogP contribution in [0.15, 0.2) is 36.7 Å². The van der Waals surface area contributed by atoms with Crippen molar-refractivity contribution in [1.29, 1.82) is 0 Å². The number of nitrogens with zero attached hydrogens (tertiary/aromatic N) is 2.